The highest BCUT2D eigenvalue weighted by Gasteiger charge is 2.31. The number of hydrogen-bond donors (Lipinski definition) is 0. The zero-order chi connectivity index (χ0) is 17.0. The molecule has 0 N–H and O–H groups in total. The van der Waals surface area contributed by atoms with Crippen molar-refractivity contribution < 1.29 is 22.3 Å². The second kappa shape index (κ2) is 6.86. The van der Waals surface area contributed by atoms with E-state index in [-0.39, 0.29) is 17.5 Å². The fraction of sp³-hybridized carbons (Fsp3) is 0.222. The van der Waals surface area contributed by atoms with Crippen molar-refractivity contribution in [3.8, 4) is 5.75 Å². The van der Waals surface area contributed by atoms with Crippen LogP contribution in [0, 0.1) is 11.7 Å². The molecule has 23 heavy (non-hydrogen) atoms. The van der Waals surface area contributed by atoms with Crippen molar-refractivity contribution in [1.82, 2.24) is 0 Å². The van der Waals surface area contributed by atoms with Crippen molar-refractivity contribution in [1.29, 1.82) is 0 Å². The lowest BCUT2D eigenvalue weighted by Crippen LogP contribution is -2.17. The van der Waals surface area contributed by atoms with Gasteiger partial charge in [0.05, 0.1) is 0 Å². The lowest BCUT2D eigenvalue weighted by molar-refractivity contribution is -0.274. The number of alkyl halides is 3. The summed E-state index contributed by atoms with van der Waals surface area (Å²) in [5.74, 6) is -0.392. The van der Waals surface area contributed by atoms with Gasteiger partial charge in [-0.1, -0.05) is 44.2 Å². The van der Waals surface area contributed by atoms with E-state index < -0.39 is 6.36 Å². The average Bonchev–Trinajstić information content (AvgIpc) is 2.45. The summed E-state index contributed by atoms with van der Waals surface area (Å²) in [7, 11) is 0. The molecule has 0 aliphatic carbocycles. The van der Waals surface area contributed by atoms with Gasteiger partial charge in [0, 0.05) is 0 Å². The number of benzene rings is 2. The minimum Gasteiger partial charge on any atom is -0.406 e. The number of allylic oxidation sites excluding steroid dienone is 1. The summed E-state index contributed by atoms with van der Waals surface area (Å²) < 4.78 is 53.6. The Kier molecular flexibility index (Phi) is 5.08. The van der Waals surface area contributed by atoms with Gasteiger partial charge in [0.25, 0.3) is 0 Å². The highest BCUT2D eigenvalue weighted by molar-refractivity contribution is 5.80. The first-order valence-electron chi connectivity index (χ1n) is 7.08. The fourth-order valence-corrected chi connectivity index (χ4v) is 2.16. The highest BCUT2D eigenvalue weighted by atomic mass is 19.4. The lowest BCUT2D eigenvalue weighted by Gasteiger charge is -2.12. The first-order valence-corrected chi connectivity index (χ1v) is 7.08. The van der Waals surface area contributed by atoms with Gasteiger partial charge >= 0.3 is 6.36 Å². The Morgan fingerprint density at radius 2 is 1.39 bits per heavy atom. The normalized spacial score (nSPS) is 12.6. The van der Waals surface area contributed by atoms with Gasteiger partial charge in [-0.3, -0.25) is 0 Å². The Hall–Kier alpha value is -2.30. The maximum atomic E-state index is 13.1. The first-order chi connectivity index (χ1) is 10.7. The number of hydrogen-bond acceptors (Lipinski definition) is 1. The van der Waals surface area contributed by atoms with Gasteiger partial charge in [-0.15, -0.1) is 13.2 Å². The van der Waals surface area contributed by atoms with Crippen molar-refractivity contribution in [2.24, 2.45) is 5.92 Å². The van der Waals surface area contributed by atoms with Gasteiger partial charge in [0.2, 0.25) is 0 Å². The summed E-state index contributed by atoms with van der Waals surface area (Å²) in [6.07, 6.45) is -2.73. The Morgan fingerprint density at radius 1 is 0.913 bits per heavy atom. The molecule has 2 rings (SSSR count). The molecule has 122 valence electrons. The maximum absolute atomic E-state index is 13.1. The predicted octanol–water partition coefficient (Wildman–Crippen LogP) is 5.81. The van der Waals surface area contributed by atoms with Crippen molar-refractivity contribution in [3.63, 3.8) is 0 Å². The standard InChI is InChI=1S/C18H16F4O/c1-12(2)11-17(13-3-7-15(19)8-4-13)14-5-9-16(10-6-14)23-18(20,21)22/h3-12H,1-2H3. The van der Waals surface area contributed by atoms with E-state index >= 15 is 0 Å². The van der Waals surface area contributed by atoms with Crippen LogP contribution < -0.4 is 4.74 Å². The summed E-state index contributed by atoms with van der Waals surface area (Å²) in [5.41, 5.74) is 2.36. The average molecular weight is 324 g/mol. The van der Waals surface area contributed by atoms with Crippen molar-refractivity contribution >= 4 is 5.57 Å². The molecule has 0 atom stereocenters. The molecule has 5 heteroatoms. The molecule has 0 aliphatic heterocycles. The molecule has 0 saturated carbocycles. The predicted molar refractivity (Wildman–Crippen MR) is 81.4 cm³/mol. The van der Waals surface area contributed by atoms with E-state index in [4.69, 9.17) is 0 Å². The summed E-state index contributed by atoms with van der Waals surface area (Å²) in [6, 6.07) is 11.6. The Morgan fingerprint density at radius 3 is 1.83 bits per heavy atom. The molecule has 0 unspecified atom stereocenters. The van der Waals surface area contributed by atoms with Crippen molar-refractivity contribution in [3.05, 3.63) is 71.6 Å². The summed E-state index contributed by atoms with van der Waals surface area (Å²) in [5, 5.41) is 0. The summed E-state index contributed by atoms with van der Waals surface area (Å²) in [6.45, 7) is 3.98. The molecule has 0 bridgehead atoms. The molecule has 0 radical (unpaired) electrons. The second-order valence-electron chi connectivity index (χ2n) is 5.40. The molecule has 2 aromatic carbocycles. The first kappa shape index (κ1) is 17.1. The van der Waals surface area contributed by atoms with Gasteiger partial charge in [0.1, 0.15) is 11.6 Å². The zero-order valence-electron chi connectivity index (χ0n) is 12.7. The molecular weight excluding hydrogens is 308 g/mol. The molecular formula is C18H16F4O. The zero-order valence-corrected chi connectivity index (χ0v) is 12.7. The number of rotatable bonds is 4. The Labute approximate surface area is 132 Å². The Bertz CT molecular complexity index is 668. The van der Waals surface area contributed by atoms with Crippen LogP contribution in [0.1, 0.15) is 25.0 Å². The summed E-state index contributed by atoms with van der Waals surface area (Å²) in [4.78, 5) is 0. The third kappa shape index (κ3) is 5.13. The Balaban J connectivity index is 2.35. The number of halogens is 4. The van der Waals surface area contributed by atoms with E-state index in [0.717, 1.165) is 16.7 Å². The number of ether oxygens (including phenoxy) is 1. The van der Waals surface area contributed by atoms with Crippen LogP contribution in [-0.2, 0) is 0 Å². The fourth-order valence-electron chi connectivity index (χ4n) is 2.16. The van der Waals surface area contributed by atoms with E-state index in [9.17, 15) is 17.6 Å². The third-order valence-electron chi connectivity index (χ3n) is 3.05. The highest BCUT2D eigenvalue weighted by Crippen LogP contribution is 2.29. The molecule has 1 nitrogen and oxygen atoms in total. The lowest BCUT2D eigenvalue weighted by atomic mass is 9.95. The van der Waals surface area contributed by atoms with E-state index in [0.29, 0.717) is 0 Å². The molecule has 2 aromatic rings. The van der Waals surface area contributed by atoms with Gasteiger partial charge in [-0.25, -0.2) is 4.39 Å². The van der Waals surface area contributed by atoms with E-state index in [1.54, 1.807) is 24.3 Å². The van der Waals surface area contributed by atoms with Crippen molar-refractivity contribution in [2.75, 3.05) is 0 Å². The maximum Gasteiger partial charge on any atom is 0.573 e. The van der Waals surface area contributed by atoms with Crippen molar-refractivity contribution in [2.45, 2.75) is 20.2 Å². The largest absolute Gasteiger partial charge is 0.573 e. The van der Waals surface area contributed by atoms with E-state index in [1.165, 1.54) is 24.3 Å². The van der Waals surface area contributed by atoms with Crippen LogP contribution >= 0.6 is 0 Å². The van der Waals surface area contributed by atoms with E-state index in [1.807, 2.05) is 19.9 Å². The summed E-state index contributed by atoms with van der Waals surface area (Å²) >= 11 is 0. The molecule has 0 aromatic heterocycles. The molecule has 0 saturated heterocycles. The van der Waals surface area contributed by atoms with Gasteiger partial charge in [0.15, 0.2) is 0 Å². The topological polar surface area (TPSA) is 9.23 Å². The van der Waals surface area contributed by atoms with Crippen LogP contribution in [0.4, 0.5) is 17.6 Å². The van der Waals surface area contributed by atoms with Crippen LogP contribution in [0.2, 0.25) is 0 Å². The quantitative estimate of drug-likeness (QED) is 0.645. The molecule has 0 heterocycles. The molecule has 0 amide bonds. The molecule has 0 spiro atoms. The van der Waals surface area contributed by atoms with Gasteiger partial charge < -0.3 is 4.74 Å². The third-order valence-corrected chi connectivity index (χ3v) is 3.05. The smallest absolute Gasteiger partial charge is 0.406 e. The minimum absolute atomic E-state index is 0.223. The monoisotopic (exact) mass is 324 g/mol. The van der Waals surface area contributed by atoms with Gasteiger partial charge in [-0.05, 0) is 46.9 Å². The van der Waals surface area contributed by atoms with Crippen LogP contribution in [0.25, 0.3) is 5.57 Å². The minimum atomic E-state index is -4.71. The van der Waals surface area contributed by atoms with E-state index in [2.05, 4.69) is 4.74 Å². The SMILES string of the molecule is CC(C)C=C(c1ccc(F)cc1)c1ccc(OC(F)(F)F)cc1. The van der Waals surface area contributed by atoms with Crippen LogP contribution in [0.5, 0.6) is 5.75 Å². The molecule has 0 aliphatic rings. The van der Waals surface area contributed by atoms with Crippen LogP contribution in [0.3, 0.4) is 0 Å². The molecule has 0 fully saturated rings. The van der Waals surface area contributed by atoms with Crippen LogP contribution in [0.15, 0.2) is 54.6 Å². The van der Waals surface area contributed by atoms with Gasteiger partial charge in [-0.2, -0.15) is 0 Å². The second-order valence-corrected chi connectivity index (χ2v) is 5.40. The van der Waals surface area contributed by atoms with Crippen LogP contribution in [-0.4, -0.2) is 6.36 Å².